The Hall–Kier alpha value is -1.72. The maximum Gasteiger partial charge on any atom is 0.263 e. The standard InChI is InChI=1S/C16H12FIN2O3S2/c1-23-15-7-6-12(8-13(15)17)25(21,22)20-16-19-14(9-24-16)10-2-4-11(18)5-3-10/h2-9H,1H3,(H,19,20). The Labute approximate surface area is 162 Å². The number of halogens is 2. The minimum absolute atomic E-state index is 0.0193. The van der Waals surface area contributed by atoms with Gasteiger partial charge in [-0.3, -0.25) is 4.72 Å². The fraction of sp³-hybridized carbons (Fsp3) is 0.0625. The highest BCUT2D eigenvalue weighted by molar-refractivity contribution is 14.1. The first-order chi connectivity index (χ1) is 11.9. The summed E-state index contributed by atoms with van der Waals surface area (Å²) >= 11 is 3.36. The fourth-order valence-electron chi connectivity index (χ4n) is 2.06. The number of aromatic nitrogens is 1. The number of thiazole rings is 1. The molecule has 0 fully saturated rings. The average Bonchev–Trinajstić information content (AvgIpc) is 3.03. The van der Waals surface area contributed by atoms with Crippen LogP contribution in [0.3, 0.4) is 0 Å². The Morgan fingerprint density at radius 3 is 2.56 bits per heavy atom. The van der Waals surface area contributed by atoms with Crippen molar-refractivity contribution < 1.29 is 17.5 Å². The number of sulfonamides is 1. The lowest BCUT2D eigenvalue weighted by Gasteiger charge is -2.07. The lowest BCUT2D eigenvalue weighted by atomic mass is 10.2. The molecule has 0 aliphatic rings. The molecule has 0 amide bonds. The smallest absolute Gasteiger partial charge is 0.263 e. The molecule has 1 heterocycles. The Bertz CT molecular complexity index is 1000. The second-order valence-electron chi connectivity index (χ2n) is 4.95. The maximum absolute atomic E-state index is 13.7. The van der Waals surface area contributed by atoms with E-state index in [0.717, 1.165) is 26.5 Å². The van der Waals surface area contributed by atoms with Crippen LogP contribution < -0.4 is 9.46 Å². The molecule has 0 saturated heterocycles. The van der Waals surface area contributed by atoms with Crippen molar-refractivity contribution in [3.8, 4) is 17.0 Å². The van der Waals surface area contributed by atoms with E-state index in [0.29, 0.717) is 5.69 Å². The number of nitrogens with one attached hydrogen (secondary N) is 1. The Kier molecular flexibility index (Phi) is 5.25. The van der Waals surface area contributed by atoms with E-state index in [1.165, 1.54) is 19.2 Å². The minimum Gasteiger partial charge on any atom is -0.494 e. The zero-order chi connectivity index (χ0) is 18.0. The summed E-state index contributed by atoms with van der Waals surface area (Å²) in [6.45, 7) is 0. The van der Waals surface area contributed by atoms with Crippen molar-refractivity contribution in [1.82, 2.24) is 4.98 Å². The van der Waals surface area contributed by atoms with Crippen LogP contribution in [0.5, 0.6) is 5.75 Å². The summed E-state index contributed by atoms with van der Waals surface area (Å²) in [7, 11) is -2.62. The van der Waals surface area contributed by atoms with E-state index >= 15 is 0 Å². The molecular weight excluding hydrogens is 478 g/mol. The average molecular weight is 490 g/mol. The zero-order valence-electron chi connectivity index (χ0n) is 12.9. The van der Waals surface area contributed by atoms with Gasteiger partial charge in [-0.2, -0.15) is 0 Å². The number of benzene rings is 2. The van der Waals surface area contributed by atoms with Gasteiger partial charge >= 0.3 is 0 Å². The van der Waals surface area contributed by atoms with E-state index in [4.69, 9.17) is 4.74 Å². The first-order valence-electron chi connectivity index (χ1n) is 6.97. The molecule has 3 aromatic rings. The minimum atomic E-state index is -3.94. The number of anilines is 1. The predicted molar refractivity (Wildman–Crippen MR) is 104 cm³/mol. The molecule has 2 aromatic carbocycles. The highest BCUT2D eigenvalue weighted by atomic mass is 127. The third-order valence-electron chi connectivity index (χ3n) is 3.30. The molecule has 1 N–H and O–H groups in total. The molecule has 0 unspecified atom stereocenters. The van der Waals surface area contributed by atoms with E-state index in [-0.39, 0.29) is 15.8 Å². The van der Waals surface area contributed by atoms with Crippen LogP contribution in [0.1, 0.15) is 0 Å². The fourth-order valence-corrected chi connectivity index (χ4v) is 4.41. The summed E-state index contributed by atoms with van der Waals surface area (Å²) in [6, 6.07) is 11.2. The van der Waals surface area contributed by atoms with Crippen molar-refractivity contribution in [3.63, 3.8) is 0 Å². The summed E-state index contributed by atoms with van der Waals surface area (Å²) in [5, 5.41) is 1.97. The second kappa shape index (κ2) is 7.26. The molecular formula is C16H12FIN2O3S2. The summed E-state index contributed by atoms with van der Waals surface area (Å²) in [4.78, 5) is 4.09. The van der Waals surface area contributed by atoms with Gasteiger partial charge in [-0.25, -0.2) is 17.8 Å². The molecule has 5 nitrogen and oxygen atoms in total. The molecule has 0 aliphatic heterocycles. The maximum atomic E-state index is 13.7. The van der Waals surface area contributed by atoms with E-state index in [2.05, 4.69) is 32.3 Å². The number of rotatable bonds is 5. The van der Waals surface area contributed by atoms with Gasteiger partial charge < -0.3 is 4.74 Å². The summed E-state index contributed by atoms with van der Waals surface area (Å²) < 4.78 is 46.8. The van der Waals surface area contributed by atoms with Gasteiger partial charge in [0, 0.05) is 14.5 Å². The Morgan fingerprint density at radius 2 is 1.92 bits per heavy atom. The Balaban J connectivity index is 1.84. The molecule has 0 radical (unpaired) electrons. The van der Waals surface area contributed by atoms with Gasteiger partial charge in [0.2, 0.25) is 0 Å². The molecule has 0 aliphatic carbocycles. The number of ether oxygens (including phenoxy) is 1. The molecule has 3 rings (SSSR count). The predicted octanol–water partition coefficient (Wildman–Crippen LogP) is 4.36. The molecule has 0 spiro atoms. The van der Waals surface area contributed by atoms with Crippen molar-refractivity contribution >= 4 is 49.1 Å². The van der Waals surface area contributed by atoms with Crippen LogP contribution in [0.2, 0.25) is 0 Å². The van der Waals surface area contributed by atoms with E-state index in [1.54, 1.807) is 5.38 Å². The SMILES string of the molecule is COc1ccc(S(=O)(=O)Nc2nc(-c3ccc(I)cc3)cs2)cc1F. The Morgan fingerprint density at radius 1 is 1.20 bits per heavy atom. The number of hydrogen-bond donors (Lipinski definition) is 1. The van der Waals surface area contributed by atoms with Gasteiger partial charge in [0.25, 0.3) is 10.0 Å². The van der Waals surface area contributed by atoms with Gasteiger partial charge in [-0.1, -0.05) is 12.1 Å². The normalized spacial score (nSPS) is 11.3. The van der Waals surface area contributed by atoms with Crippen molar-refractivity contribution in [3.05, 3.63) is 57.2 Å². The van der Waals surface area contributed by atoms with Gasteiger partial charge in [0.15, 0.2) is 16.7 Å². The number of hydrogen-bond acceptors (Lipinski definition) is 5. The third kappa shape index (κ3) is 4.10. The largest absolute Gasteiger partial charge is 0.494 e. The quantitative estimate of drug-likeness (QED) is 0.540. The van der Waals surface area contributed by atoms with Crippen LogP contribution >= 0.6 is 33.9 Å². The van der Waals surface area contributed by atoms with E-state index < -0.39 is 15.8 Å². The lowest BCUT2D eigenvalue weighted by molar-refractivity contribution is 0.385. The van der Waals surface area contributed by atoms with Crippen molar-refractivity contribution in [1.29, 1.82) is 0 Å². The molecule has 1 aromatic heterocycles. The first-order valence-corrected chi connectivity index (χ1v) is 10.4. The number of methoxy groups -OCH3 is 1. The molecule has 130 valence electrons. The molecule has 25 heavy (non-hydrogen) atoms. The lowest BCUT2D eigenvalue weighted by Crippen LogP contribution is -2.13. The zero-order valence-corrected chi connectivity index (χ0v) is 16.7. The third-order valence-corrected chi connectivity index (χ3v) is 6.24. The van der Waals surface area contributed by atoms with Gasteiger partial charge in [-0.05, 0) is 52.9 Å². The second-order valence-corrected chi connectivity index (χ2v) is 8.73. The van der Waals surface area contributed by atoms with E-state index in [1.807, 2.05) is 24.3 Å². The molecule has 0 bridgehead atoms. The van der Waals surface area contributed by atoms with Crippen LogP contribution in [-0.2, 0) is 10.0 Å². The number of nitrogens with zero attached hydrogens (tertiary/aromatic N) is 1. The van der Waals surface area contributed by atoms with Crippen LogP contribution in [0.25, 0.3) is 11.3 Å². The highest BCUT2D eigenvalue weighted by Crippen LogP contribution is 2.28. The summed E-state index contributed by atoms with van der Waals surface area (Å²) in [5.41, 5.74) is 1.55. The molecule has 0 atom stereocenters. The van der Waals surface area contributed by atoms with Gasteiger partial charge in [-0.15, -0.1) is 11.3 Å². The topological polar surface area (TPSA) is 68.3 Å². The van der Waals surface area contributed by atoms with Crippen LogP contribution in [0.4, 0.5) is 9.52 Å². The summed E-state index contributed by atoms with van der Waals surface area (Å²) in [5.74, 6) is -0.765. The monoisotopic (exact) mass is 490 g/mol. The molecule has 0 saturated carbocycles. The van der Waals surface area contributed by atoms with Crippen LogP contribution in [-0.4, -0.2) is 20.5 Å². The molecule has 9 heteroatoms. The van der Waals surface area contributed by atoms with Crippen molar-refractivity contribution in [2.75, 3.05) is 11.8 Å². The van der Waals surface area contributed by atoms with E-state index in [9.17, 15) is 12.8 Å². The first kappa shape index (κ1) is 18.1. The summed E-state index contributed by atoms with van der Waals surface area (Å²) in [6.07, 6.45) is 0. The van der Waals surface area contributed by atoms with Gasteiger partial charge in [0.05, 0.1) is 17.7 Å². The van der Waals surface area contributed by atoms with Crippen molar-refractivity contribution in [2.45, 2.75) is 4.90 Å². The van der Waals surface area contributed by atoms with Crippen molar-refractivity contribution in [2.24, 2.45) is 0 Å². The highest BCUT2D eigenvalue weighted by Gasteiger charge is 2.18. The van der Waals surface area contributed by atoms with Crippen LogP contribution in [0, 0.1) is 9.39 Å². The van der Waals surface area contributed by atoms with Crippen LogP contribution in [0.15, 0.2) is 52.7 Å². The van der Waals surface area contributed by atoms with Gasteiger partial charge in [0.1, 0.15) is 0 Å².